The molecule has 0 aliphatic rings. The molecule has 0 aliphatic heterocycles. The van der Waals surface area contributed by atoms with Crippen LogP contribution in [-0.4, -0.2) is 0 Å². The van der Waals surface area contributed by atoms with Gasteiger partial charge in [-0.15, -0.1) is 0 Å². The van der Waals surface area contributed by atoms with Crippen LogP contribution in [0.25, 0.3) is 0 Å². The molecule has 0 atom stereocenters. The van der Waals surface area contributed by atoms with Crippen LogP contribution >= 0.6 is 0 Å². The number of nitrogens with zero attached hydrogens (tertiary/aromatic N) is 1. The number of halogens is 3. The summed E-state index contributed by atoms with van der Waals surface area (Å²) in [4.78, 5) is 0. The molecule has 2 nitrogen and oxygen atoms in total. The van der Waals surface area contributed by atoms with Crippen LogP contribution in [0.15, 0.2) is 48.8 Å². The van der Waals surface area contributed by atoms with E-state index in [4.69, 9.17) is 5.73 Å². The van der Waals surface area contributed by atoms with E-state index in [9.17, 15) is 13.2 Å². The molecule has 0 aliphatic carbocycles. The summed E-state index contributed by atoms with van der Waals surface area (Å²) < 4.78 is 40.3. The van der Waals surface area contributed by atoms with Gasteiger partial charge < -0.3 is 5.73 Å². The van der Waals surface area contributed by atoms with Crippen LogP contribution in [0.2, 0.25) is 0 Å². The van der Waals surface area contributed by atoms with Crippen LogP contribution in [0.3, 0.4) is 0 Å². The third kappa shape index (κ3) is 2.80. The summed E-state index contributed by atoms with van der Waals surface area (Å²) in [6, 6.07) is 9.21. The zero-order chi connectivity index (χ0) is 13.2. The summed E-state index contributed by atoms with van der Waals surface area (Å²) in [6.45, 7) is 0.163. The first-order valence-corrected chi connectivity index (χ1v) is 5.36. The van der Waals surface area contributed by atoms with E-state index in [2.05, 4.69) is 0 Å². The van der Waals surface area contributed by atoms with Crippen molar-refractivity contribution in [1.29, 1.82) is 0 Å². The Labute approximate surface area is 102 Å². The number of hydrogen-bond donors (Lipinski definition) is 1. The molecule has 2 rings (SSSR count). The Bertz CT molecular complexity index is 536. The number of pyridine rings is 1. The lowest BCUT2D eigenvalue weighted by Crippen LogP contribution is -2.34. The van der Waals surface area contributed by atoms with E-state index in [0.717, 1.165) is 6.07 Å². The molecule has 0 spiro atoms. The van der Waals surface area contributed by atoms with E-state index in [1.165, 1.54) is 12.1 Å². The molecule has 1 aromatic heterocycles. The fourth-order valence-corrected chi connectivity index (χ4v) is 1.73. The van der Waals surface area contributed by atoms with E-state index in [1.807, 2.05) is 6.07 Å². The molecule has 0 radical (unpaired) electrons. The first-order valence-electron chi connectivity index (χ1n) is 5.36. The summed E-state index contributed by atoms with van der Waals surface area (Å²) in [5, 5.41) is 0. The maximum absolute atomic E-state index is 12.9. The number of aromatic nitrogens is 1. The second-order valence-electron chi connectivity index (χ2n) is 3.96. The first kappa shape index (κ1) is 12.4. The van der Waals surface area contributed by atoms with Gasteiger partial charge in [-0.3, -0.25) is 0 Å². The van der Waals surface area contributed by atoms with Gasteiger partial charge in [0.05, 0.1) is 5.56 Å². The van der Waals surface area contributed by atoms with Crippen molar-refractivity contribution in [2.75, 3.05) is 5.73 Å². The molecular formula is C13H12F3N2+. The van der Waals surface area contributed by atoms with E-state index < -0.39 is 11.7 Å². The Morgan fingerprint density at radius 3 is 2.33 bits per heavy atom. The summed E-state index contributed by atoms with van der Waals surface area (Å²) in [7, 11) is 0. The number of rotatable bonds is 2. The Kier molecular flexibility index (Phi) is 3.23. The number of nitrogens with two attached hydrogens (primary N) is 1. The second kappa shape index (κ2) is 4.68. The average molecular weight is 253 g/mol. The molecule has 2 N–H and O–H groups in total. The van der Waals surface area contributed by atoms with Crippen molar-refractivity contribution in [3.63, 3.8) is 0 Å². The smallest absolute Gasteiger partial charge is 0.399 e. The quantitative estimate of drug-likeness (QED) is 0.647. The minimum atomic E-state index is -4.39. The van der Waals surface area contributed by atoms with Gasteiger partial charge in [0.1, 0.15) is 0 Å². The molecular weight excluding hydrogens is 241 g/mol. The highest BCUT2D eigenvalue weighted by Gasteiger charge is 2.34. The van der Waals surface area contributed by atoms with Crippen molar-refractivity contribution in [1.82, 2.24) is 0 Å². The largest absolute Gasteiger partial charge is 0.416 e. The summed E-state index contributed by atoms with van der Waals surface area (Å²) >= 11 is 0. The fourth-order valence-electron chi connectivity index (χ4n) is 1.73. The molecule has 0 fully saturated rings. The third-order valence-corrected chi connectivity index (χ3v) is 2.57. The Hall–Kier alpha value is -2.04. The SMILES string of the molecule is Nc1ccc(C[n+]2ccccc2)c(C(F)(F)F)c1. The van der Waals surface area contributed by atoms with Gasteiger partial charge in [-0.1, -0.05) is 12.1 Å². The number of nitrogen functional groups attached to an aromatic ring is 1. The van der Waals surface area contributed by atoms with Gasteiger partial charge in [0, 0.05) is 23.4 Å². The van der Waals surface area contributed by atoms with Crippen LogP contribution in [0.4, 0.5) is 18.9 Å². The highest BCUT2D eigenvalue weighted by molar-refractivity contribution is 5.45. The normalized spacial score (nSPS) is 11.5. The topological polar surface area (TPSA) is 29.9 Å². The molecule has 94 valence electrons. The third-order valence-electron chi connectivity index (χ3n) is 2.57. The van der Waals surface area contributed by atoms with Crippen molar-refractivity contribution >= 4 is 5.69 Å². The van der Waals surface area contributed by atoms with Gasteiger partial charge in [0.2, 0.25) is 0 Å². The predicted octanol–water partition coefficient (Wildman–Crippen LogP) is 2.62. The Balaban J connectivity index is 2.39. The standard InChI is InChI=1S/C13H12F3N2/c14-13(15,16)12-8-11(17)5-4-10(12)9-18-6-2-1-3-7-18/h1-8H,9,17H2/q+1. The van der Waals surface area contributed by atoms with Crippen molar-refractivity contribution in [2.24, 2.45) is 0 Å². The number of benzene rings is 1. The van der Waals surface area contributed by atoms with E-state index in [0.29, 0.717) is 0 Å². The fraction of sp³-hybridized carbons (Fsp3) is 0.154. The highest BCUT2D eigenvalue weighted by Crippen LogP contribution is 2.33. The van der Waals surface area contributed by atoms with Gasteiger partial charge in [-0.25, -0.2) is 4.57 Å². The van der Waals surface area contributed by atoms with Gasteiger partial charge in [0.25, 0.3) is 0 Å². The van der Waals surface area contributed by atoms with Gasteiger partial charge in [-0.05, 0) is 12.1 Å². The lowest BCUT2D eigenvalue weighted by atomic mass is 10.1. The Morgan fingerprint density at radius 2 is 1.72 bits per heavy atom. The zero-order valence-corrected chi connectivity index (χ0v) is 9.48. The molecule has 0 bridgehead atoms. The maximum Gasteiger partial charge on any atom is 0.416 e. The minimum Gasteiger partial charge on any atom is -0.399 e. The lowest BCUT2D eigenvalue weighted by molar-refractivity contribution is -0.688. The van der Waals surface area contributed by atoms with E-state index >= 15 is 0 Å². The van der Waals surface area contributed by atoms with Crippen LogP contribution in [0.1, 0.15) is 11.1 Å². The van der Waals surface area contributed by atoms with Crippen LogP contribution in [-0.2, 0) is 12.7 Å². The molecule has 1 heterocycles. The monoisotopic (exact) mass is 253 g/mol. The number of alkyl halides is 3. The lowest BCUT2D eigenvalue weighted by Gasteiger charge is -2.11. The second-order valence-corrected chi connectivity index (χ2v) is 3.96. The summed E-state index contributed by atoms with van der Waals surface area (Å²) in [5.41, 5.74) is 5.05. The molecule has 0 saturated heterocycles. The molecule has 5 heteroatoms. The average Bonchev–Trinajstić information content (AvgIpc) is 2.31. The van der Waals surface area contributed by atoms with Crippen molar-refractivity contribution in [3.8, 4) is 0 Å². The summed E-state index contributed by atoms with van der Waals surface area (Å²) in [6.07, 6.45) is -0.951. The van der Waals surface area contributed by atoms with Crippen LogP contribution in [0.5, 0.6) is 0 Å². The van der Waals surface area contributed by atoms with Crippen molar-refractivity contribution in [3.05, 3.63) is 59.9 Å². The van der Waals surface area contributed by atoms with Crippen molar-refractivity contribution < 1.29 is 17.7 Å². The van der Waals surface area contributed by atoms with Crippen molar-refractivity contribution in [2.45, 2.75) is 12.7 Å². The molecule has 18 heavy (non-hydrogen) atoms. The van der Waals surface area contributed by atoms with Gasteiger partial charge in [0.15, 0.2) is 18.9 Å². The predicted molar refractivity (Wildman–Crippen MR) is 61.6 cm³/mol. The van der Waals surface area contributed by atoms with Crippen LogP contribution < -0.4 is 10.3 Å². The van der Waals surface area contributed by atoms with E-state index in [1.54, 1.807) is 29.1 Å². The Morgan fingerprint density at radius 1 is 1.06 bits per heavy atom. The van der Waals surface area contributed by atoms with Crippen LogP contribution in [0, 0.1) is 0 Å². The highest BCUT2D eigenvalue weighted by atomic mass is 19.4. The molecule has 0 saturated carbocycles. The van der Waals surface area contributed by atoms with Gasteiger partial charge in [-0.2, -0.15) is 13.2 Å². The minimum absolute atomic E-state index is 0.115. The molecule has 1 aromatic carbocycles. The number of hydrogen-bond acceptors (Lipinski definition) is 1. The summed E-state index contributed by atoms with van der Waals surface area (Å²) in [5.74, 6) is 0. The van der Waals surface area contributed by atoms with E-state index in [-0.39, 0.29) is 17.8 Å². The zero-order valence-electron chi connectivity index (χ0n) is 9.48. The van der Waals surface area contributed by atoms with Gasteiger partial charge >= 0.3 is 6.18 Å². The number of anilines is 1. The molecule has 0 amide bonds. The maximum atomic E-state index is 12.9. The molecule has 0 unspecified atom stereocenters. The first-order chi connectivity index (χ1) is 8.47. The molecule has 2 aromatic rings.